The summed E-state index contributed by atoms with van der Waals surface area (Å²) < 4.78 is 5.35. The van der Waals surface area contributed by atoms with E-state index in [9.17, 15) is 15.0 Å². The van der Waals surface area contributed by atoms with Crippen molar-refractivity contribution in [1.29, 1.82) is 0 Å². The third-order valence-electron chi connectivity index (χ3n) is 10.2. The number of rotatable bonds is 25. The van der Waals surface area contributed by atoms with Gasteiger partial charge in [0.2, 0.25) is 0 Å². The smallest absolute Gasteiger partial charge is 0.306 e. The number of aliphatic hydroxyl groups excluding tert-OH is 2. The number of aliphatic hydroxyl groups is 2. The van der Waals surface area contributed by atoms with Crippen LogP contribution in [0, 0.1) is 17.3 Å². The topological polar surface area (TPSA) is 66.8 Å². The highest BCUT2D eigenvalue weighted by molar-refractivity contribution is 6.21. The maximum atomic E-state index is 12.0. The summed E-state index contributed by atoms with van der Waals surface area (Å²) in [5.41, 5.74) is 0.102. The minimum absolute atomic E-state index is 0.0243. The Morgan fingerprint density at radius 3 is 2.14 bits per heavy atom. The van der Waals surface area contributed by atoms with E-state index in [1.807, 2.05) is 6.08 Å². The summed E-state index contributed by atoms with van der Waals surface area (Å²) in [6.07, 6.45) is 36.5. The molecule has 248 valence electrons. The Hall–Kier alpha value is -1.10. The van der Waals surface area contributed by atoms with Crippen molar-refractivity contribution >= 4 is 17.6 Å². The van der Waals surface area contributed by atoms with E-state index in [0.717, 1.165) is 44.9 Å². The lowest BCUT2D eigenvalue weighted by Gasteiger charge is -2.45. The van der Waals surface area contributed by atoms with Crippen molar-refractivity contribution in [3.63, 3.8) is 0 Å². The van der Waals surface area contributed by atoms with Gasteiger partial charge in [0.05, 0.1) is 12.2 Å². The SMILES string of the molecule is CCCCCCCCCCCCC/C=C/COC(=O)CCC/C=C\C[C@@H]1[C@@H](/C=C/C[C@H](O)C2(CC)CCC2)[C@H](O)C[C@H]1Cl. The second-order valence-electron chi connectivity index (χ2n) is 13.4. The van der Waals surface area contributed by atoms with Crippen LogP contribution in [0.2, 0.25) is 0 Å². The summed E-state index contributed by atoms with van der Waals surface area (Å²) in [5, 5.41) is 21.2. The van der Waals surface area contributed by atoms with Crippen molar-refractivity contribution in [3.05, 3.63) is 36.5 Å². The van der Waals surface area contributed by atoms with Gasteiger partial charge in [-0.2, -0.15) is 0 Å². The maximum absolute atomic E-state index is 12.0. The van der Waals surface area contributed by atoms with Gasteiger partial charge in [-0.25, -0.2) is 0 Å². The molecule has 2 rings (SSSR count). The van der Waals surface area contributed by atoms with Crippen LogP contribution in [0.4, 0.5) is 0 Å². The molecule has 0 amide bonds. The number of alkyl halides is 1. The van der Waals surface area contributed by atoms with Crippen molar-refractivity contribution in [1.82, 2.24) is 0 Å². The normalized spacial score (nSPS) is 24.3. The highest BCUT2D eigenvalue weighted by Crippen LogP contribution is 2.48. The van der Waals surface area contributed by atoms with Crippen LogP contribution in [0.15, 0.2) is 36.5 Å². The molecule has 5 heteroatoms. The molecule has 0 unspecified atom stereocenters. The number of esters is 1. The van der Waals surface area contributed by atoms with Crippen LogP contribution in [-0.2, 0) is 9.53 Å². The summed E-state index contributed by atoms with van der Waals surface area (Å²) >= 11 is 6.61. The molecule has 0 bridgehead atoms. The van der Waals surface area contributed by atoms with Crippen molar-refractivity contribution in [2.45, 2.75) is 173 Å². The van der Waals surface area contributed by atoms with Gasteiger partial charge in [-0.1, -0.05) is 121 Å². The van der Waals surface area contributed by atoms with E-state index in [1.54, 1.807) is 0 Å². The van der Waals surface area contributed by atoms with Crippen LogP contribution in [0.3, 0.4) is 0 Å². The molecule has 2 fully saturated rings. The molecule has 0 aromatic heterocycles. The second kappa shape index (κ2) is 23.3. The van der Waals surface area contributed by atoms with E-state index in [4.69, 9.17) is 16.3 Å². The van der Waals surface area contributed by atoms with Crippen molar-refractivity contribution in [2.75, 3.05) is 6.61 Å². The Kier molecular flexibility index (Phi) is 20.6. The van der Waals surface area contributed by atoms with Gasteiger partial charge in [-0.3, -0.25) is 4.79 Å². The molecule has 2 aliphatic carbocycles. The van der Waals surface area contributed by atoms with E-state index in [0.29, 0.717) is 25.9 Å². The number of hydrogen-bond acceptors (Lipinski definition) is 4. The van der Waals surface area contributed by atoms with Gasteiger partial charge in [-0.05, 0) is 75.5 Å². The second-order valence-corrected chi connectivity index (χ2v) is 13.9. The maximum Gasteiger partial charge on any atom is 0.306 e. The first-order valence-electron chi connectivity index (χ1n) is 18.1. The number of halogens is 1. The number of hydrogen-bond donors (Lipinski definition) is 2. The number of allylic oxidation sites excluding steroid dienone is 3. The molecule has 0 saturated heterocycles. The molecule has 5 atom stereocenters. The molecule has 43 heavy (non-hydrogen) atoms. The first-order valence-corrected chi connectivity index (χ1v) is 18.5. The highest BCUT2D eigenvalue weighted by Gasteiger charge is 2.42. The fourth-order valence-electron chi connectivity index (χ4n) is 6.89. The molecule has 0 heterocycles. The third-order valence-corrected chi connectivity index (χ3v) is 10.7. The van der Waals surface area contributed by atoms with Crippen molar-refractivity contribution < 1.29 is 19.7 Å². The predicted molar refractivity (Wildman–Crippen MR) is 182 cm³/mol. The number of ether oxygens (including phenoxy) is 1. The molecule has 0 spiro atoms. The van der Waals surface area contributed by atoms with Gasteiger partial charge in [-0.15, -0.1) is 11.6 Å². The molecular weight excluding hydrogens is 556 g/mol. The van der Waals surface area contributed by atoms with Crippen LogP contribution in [0.5, 0.6) is 0 Å². The fraction of sp³-hybridized carbons (Fsp3) is 0.816. The van der Waals surface area contributed by atoms with Crippen LogP contribution >= 0.6 is 11.6 Å². The summed E-state index contributed by atoms with van der Waals surface area (Å²) in [6.45, 7) is 4.82. The molecule has 0 aromatic carbocycles. The van der Waals surface area contributed by atoms with Crippen LogP contribution in [-0.4, -0.2) is 40.4 Å². The van der Waals surface area contributed by atoms with Gasteiger partial charge in [0, 0.05) is 17.7 Å². The standard InChI is InChI=1S/C38H65ClO4/c1-3-5-6-7-8-9-10-11-12-13-14-15-18-21-30-43-37(42)27-20-17-16-19-24-32-33(35(40)31-34(32)39)25-22-26-36(41)38(4-2)28-23-29-38/h16,18-19,21-22,25,32-36,40-41H,3-15,17,20,23-24,26-31H2,1-2H3/b19-16-,21-18+,25-22+/t32-,33-,34-,35-,36+/m1/s1. The molecule has 2 saturated carbocycles. The van der Waals surface area contributed by atoms with Gasteiger partial charge < -0.3 is 14.9 Å². The lowest BCUT2D eigenvalue weighted by atomic mass is 9.63. The number of carbonyl (C=O) groups is 1. The minimum atomic E-state index is -0.429. The molecule has 4 nitrogen and oxygen atoms in total. The Bertz CT molecular complexity index is 796. The van der Waals surface area contributed by atoms with Crippen molar-refractivity contribution in [3.8, 4) is 0 Å². The van der Waals surface area contributed by atoms with E-state index in [2.05, 4.69) is 44.2 Å². The summed E-state index contributed by atoms with van der Waals surface area (Å²) in [6, 6.07) is 0. The van der Waals surface area contributed by atoms with E-state index < -0.39 is 6.10 Å². The van der Waals surface area contributed by atoms with E-state index in [1.165, 1.54) is 77.0 Å². The van der Waals surface area contributed by atoms with Crippen LogP contribution in [0.25, 0.3) is 0 Å². The molecule has 0 radical (unpaired) electrons. The molecular formula is C38H65ClO4. The lowest BCUT2D eigenvalue weighted by molar-refractivity contribution is -0.142. The van der Waals surface area contributed by atoms with Gasteiger partial charge in [0.1, 0.15) is 6.61 Å². The fourth-order valence-corrected chi connectivity index (χ4v) is 7.35. The first-order chi connectivity index (χ1) is 20.9. The first kappa shape index (κ1) is 38.1. The zero-order chi connectivity index (χ0) is 31.2. The van der Waals surface area contributed by atoms with Gasteiger partial charge in [0.15, 0.2) is 0 Å². The quantitative estimate of drug-likeness (QED) is 0.0461. The lowest BCUT2D eigenvalue weighted by Crippen LogP contribution is -2.40. The monoisotopic (exact) mass is 620 g/mol. The Morgan fingerprint density at radius 1 is 0.884 bits per heavy atom. The molecule has 0 aromatic rings. The van der Waals surface area contributed by atoms with Crippen LogP contribution in [0.1, 0.15) is 155 Å². The van der Waals surface area contributed by atoms with Crippen LogP contribution < -0.4 is 0 Å². The Morgan fingerprint density at radius 2 is 1.51 bits per heavy atom. The number of unbranched alkanes of at least 4 members (excludes halogenated alkanes) is 12. The van der Waals surface area contributed by atoms with Gasteiger partial charge >= 0.3 is 5.97 Å². The predicted octanol–water partition coefficient (Wildman–Crippen LogP) is 10.4. The number of carbonyl (C=O) groups excluding carboxylic acids is 1. The van der Waals surface area contributed by atoms with Gasteiger partial charge in [0.25, 0.3) is 0 Å². The summed E-state index contributed by atoms with van der Waals surface area (Å²) in [4.78, 5) is 12.0. The third kappa shape index (κ3) is 15.2. The van der Waals surface area contributed by atoms with E-state index >= 15 is 0 Å². The Labute approximate surface area is 269 Å². The average Bonchev–Trinajstić information content (AvgIpc) is 3.23. The summed E-state index contributed by atoms with van der Waals surface area (Å²) in [5.74, 6) is 0.0786. The molecule has 2 aliphatic rings. The minimum Gasteiger partial charge on any atom is -0.461 e. The largest absolute Gasteiger partial charge is 0.461 e. The Balaban J connectivity index is 1.48. The zero-order valence-corrected chi connectivity index (χ0v) is 28.5. The molecule has 2 N–H and O–H groups in total. The molecule has 0 aliphatic heterocycles. The van der Waals surface area contributed by atoms with Crippen molar-refractivity contribution in [2.24, 2.45) is 17.3 Å². The van der Waals surface area contributed by atoms with E-state index in [-0.39, 0.29) is 34.7 Å². The average molecular weight is 621 g/mol. The highest BCUT2D eigenvalue weighted by atomic mass is 35.5. The summed E-state index contributed by atoms with van der Waals surface area (Å²) in [7, 11) is 0. The zero-order valence-electron chi connectivity index (χ0n) is 27.7.